The van der Waals surface area contributed by atoms with E-state index in [0.29, 0.717) is 18.8 Å². The Bertz CT molecular complexity index is 767. The van der Waals surface area contributed by atoms with Crippen LogP contribution in [0.4, 0.5) is 0 Å². The maximum Gasteiger partial charge on any atom is 0.251 e. The number of amides is 1. The molecule has 2 aliphatic heterocycles. The summed E-state index contributed by atoms with van der Waals surface area (Å²) in [6.07, 6.45) is 2.46. The van der Waals surface area contributed by atoms with E-state index in [0.717, 1.165) is 36.6 Å². The highest BCUT2D eigenvalue weighted by atomic mass is 16.6. The topological polar surface area (TPSA) is 67.8 Å². The van der Waals surface area contributed by atoms with E-state index < -0.39 is 0 Å². The van der Waals surface area contributed by atoms with Gasteiger partial charge in [-0.3, -0.25) is 4.79 Å². The Hall–Kier alpha value is -2.11. The third-order valence-corrected chi connectivity index (χ3v) is 5.00. The molecule has 2 atom stereocenters. The lowest BCUT2D eigenvalue weighted by Crippen LogP contribution is -2.49. The molecule has 0 bridgehead atoms. The SMILES string of the molecule is O=C(NC1CCOC2(CCOC2)C1)c1cc(O)c2ccccc2c1. The van der Waals surface area contributed by atoms with Crippen LogP contribution in [0.1, 0.15) is 29.6 Å². The first kappa shape index (κ1) is 15.4. The molecule has 0 aliphatic carbocycles. The molecular weight excluding hydrogens is 306 g/mol. The number of fused-ring (bicyclic) bond motifs is 1. The Balaban J connectivity index is 1.52. The molecule has 0 aromatic heterocycles. The van der Waals surface area contributed by atoms with E-state index in [1.165, 1.54) is 6.07 Å². The zero-order valence-electron chi connectivity index (χ0n) is 13.5. The van der Waals surface area contributed by atoms with E-state index in [-0.39, 0.29) is 23.3 Å². The summed E-state index contributed by atoms with van der Waals surface area (Å²) >= 11 is 0. The summed E-state index contributed by atoms with van der Waals surface area (Å²) in [6.45, 7) is 1.96. The van der Waals surface area contributed by atoms with Gasteiger partial charge in [0.1, 0.15) is 5.75 Å². The molecule has 2 heterocycles. The summed E-state index contributed by atoms with van der Waals surface area (Å²) in [5.41, 5.74) is 0.247. The molecule has 2 aromatic carbocycles. The number of carbonyl (C=O) groups excluding carboxylic acids is 1. The molecule has 5 nitrogen and oxygen atoms in total. The average molecular weight is 327 g/mol. The number of aromatic hydroxyl groups is 1. The van der Waals surface area contributed by atoms with Gasteiger partial charge in [-0.15, -0.1) is 0 Å². The number of hydrogen-bond donors (Lipinski definition) is 2. The van der Waals surface area contributed by atoms with Crippen molar-refractivity contribution in [3.63, 3.8) is 0 Å². The Morgan fingerprint density at radius 1 is 1.25 bits per heavy atom. The Morgan fingerprint density at radius 3 is 2.96 bits per heavy atom. The largest absolute Gasteiger partial charge is 0.507 e. The first-order valence-corrected chi connectivity index (χ1v) is 8.40. The predicted octanol–water partition coefficient (Wildman–Crippen LogP) is 2.61. The summed E-state index contributed by atoms with van der Waals surface area (Å²) in [5.74, 6) is -0.0251. The smallest absolute Gasteiger partial charge is 0.251 e. The van der Waals surface area contributed by atoms with Crippen LogP contribution < -0.4 is 5.32 Å². The Kier molecular flexibility index (Phi) is 3.90. The molecule has 1 amide bonds. The van der Waals surface area contributed by atoms with Crippen molar-refractivity contribution in [2.45, 2.75) is 30.9 Å². The first-order chi connectivity index (χ1) is 11.7. The molecule has 0 saturated carbocycles. The fraction of sp³-hybridized carbons (Fsp3) is 0.421. The van der Waals surface area contributed by atoms with Gasteiger partial charge < -0.3 is 19.9 Å². The molecule has 2 aliphatic rings. The van der Waals surface area contributed by atoms with E-state index in [1.807, 2.05) is 30.3 Å². The molecule has 126 valence electrons. The lowest BCUT2D eigenvalue weighted by atomic mass is 9.89. The van der Waals surface area contributed by atoms with Gasteiger partial charge in [0, 0.05) is 36.6 Å². The van der Waals surface area contributed by atoms with Crippen molar-refractivity contribution in [2.24, 2.45) is 0 Å². The maximum absolute atomic E-state index is 12.6. The van der Waals surface area contributed by atoms with Gasteiger partial charge in [-0.25, -0.2) is 0 Å². The number of carbonyl (C=O) groups is 1. The number of benzene rings is 2. The van der Waals surface area contributed by atoms with Crippen molar-refractivity contribution in [1.29, 1.82) is 0 Å². The molecular formula is C19H21NO4. The van der Waals surface area contributed by atoms with E-state index in [1.54, 1.807) is 0 Å². The third-order valence-electron chi connectivity index (χ3n) is 5.00. The van der Waals surface area contributed by atoms with Crippen LogP contribution in [0.2, 0.25) is 0 Å². The molecule has 2 saturated heterocycles. The Labute approximate surface area is 140 Å². The minimum Gasteiger partial charge on any atom is -0.507 e. The fourth-order valence-electron chi connectivity index (χ4n) is 3.70. The molecule has 4 rings (SSSR count). The minimum atomic E-state index is -0.234. The number of phenols is 1. The minimum absolute atomic E-state index is 0.0709. The normalized spacial score (nSPS) is 26.8. The van der Waals surface area contributed by atoms with Gasteiger partial charge in [-0.05, 0) is 30.4 Å². The van der Waals surface area contributed by atoms with E-state index in [9.17, 15) is 9.90 Å². The van der Waals surface area contributed by atoms with Gasteiger partial charge in [-0.2, -0.15) is 0 Å². The number of phenolic OH excluding ortho intramolecular Hbond substituents is 1. The highest BCUT2D eigenvalue weighted by Gasteiger charge is 2.41. The molecule has 24 heavy (non-hydrogen) atoms. The fourth-order valence-corrected chi connectivity index (χ4v) is 3.70. The van der Waals surface area contributed by atoms with Crippen LogP contribution in [0.15, 0.2) is 36.4 Å². The number of hydrogen-bond acceptors (Lipinski definition) is 4. The summed E-state index contributed by atoms with van der Waals surface area (Å²) in [7, 11) is 0. The molecule has 2 unspecified atom stereocenters. The summed E-state index contributed by atoms with van der Waals surface area (Å²) < 4.78 is 11.4. The predicted molar refractivity (Wildman–Crippen MR) is 90.2 cm³/mol. The lowest BCUT2D eigenvalue weighted by molar-refractivity contribution is -0.0881. The second-order valence-electron chi connectivity index (χ2n) is 6.71. The average Bonchev–Trinajstić information content (AvgIpc) is 3.02. The van der Waals surface area contributed by atoms with Crippen molar-refractivity contribution in [2.75, 3.05) is 19.8 Å². The lowest BCUT2D eigenvalue weighted by Gasteiger charge is -2.37. The van der Waals surface area contributed by atoms with Gasteiger partial charge in [-0.1, -0.05) is 24.3 Å². The highest BCUT2D eigenvalue weighted by Crippen LogP contribution is 2.33. The van der Waals surface area contributed by atoms with Gasteiger partial charge in [0.25, 0.3) is 5.91 Å². The molecule has 2 aromatic rings. The van der Waals surface area contributed by atoms with Crippen LogP contribution in [-0.2, 0) is 9.47 Å². The van der Waals surface area contributed by atoms with Crippen LogP contribution in [0.25, 0.3) is 10.8 Å². The molecule has 0 radical (unpaired) electrons. The number of nitrogens with one attached hydrogen (secondary N) is 1. The van der Waals surface area contributed by atoms with Crippen molar-refractivity contribution in [3.05, 3.63) is 42.0 Å². The van der Waals surface area contributed by atoms with Crippen molar-refractivity contribution < 1.29 is 19.4 Å². The van der Waals surface area contributed by atoms with Gasteiger partial charge in [0.15, 0.2) is 0 Å². The van der Waals surface area contributed by atoms with Crippen LogP contribution in [0.3, 0.4) is 0 Å². The molecule has 2 fully saturated rings. The van der Waals surface area contributed by atoms with Crippen LogP contribution in [-0.4, -0.2) is 42.5 Å². The number of rotatable bonds is 2. The molecule has 5 heteroatoms. The second kappa shape index (κ2) is 6.07. The zero-order chi connectivity index (χ0) is 16.6. The van der Waals surface area contributed by atoms with E-state index in [2.05, 4.69) is 5.32 Å². The van der Waals surface area contributed by atoms with Gasteiger partial charge >= 0.3 is 0 Å². The summed E-state index contributed by atoms with van der Waals surface area (Å²) in [4.78, 5) is 12.6. The van der Waals surface area contributed by atoms with Crippen LogP contribution >= 0.6 is 0 Å². The quantitative estimate of drug-likeness (QED) is 0.890. The zero-order valence-corrected chi connectivity index (χ0v) is 13.5. The molecule has 1 spiro atoms. The highest BCUT2D eigenvalue weighted by molar-refractivity contribution is 6.00. The van der Waals surface area contributed by atoms with Crippen molar-refractivity contribution in [1.82, 2.24) is 5.32 Å². The maximum atomic E-state index is 12.6. The van der Waals surface area contributed by atoms with Gasteiger partial charge in [0.05, 0.1) is 12.2 Å². The second-order valence-corrected chi connectivity index (χ2v) is 6.71. The van der Waals surface area contributed by atoms with E-state index in [4.69, 9.17) is 9.47 Å². The number of ether oxygens (including phenoxy) is 2. The van der Waals surface area contributed by atoms with Crippen LogP contribution in [0, 0.1) is 0 Å². The van der Waals surface area contributed by atoms with E-state index >= 15 is 0 Å². The monoisotopic (exact) mass is 327 g/mol. The Morgan fingerprint density at radius 2 is 2.12 bits per heavy atom. The van der Waals surface area contributed by atoms with Crippen molar-refractivity contribution >= 4 is 16.7 Å². The standard InChI is InChI=1S/C19H21NO4/c21-17-10-14(9-13-3-1-2-4-16(13)17)18(22)20-15-5-7-24-19(11-15)6-8-23-12-19/h1-4,9-10,15,21H,5-8,11-12H2,(H,20,22). The van der Waals surface area contributed by atoms with Crippen LogP contribution in [0.5, 0.6) is 5.75 Å². The van der Waals surface area contributed by atoms with Crippen molar-refractivity contribution in [3.8, 4) is 5.75 Å². The third kappa shape index (κ3) is 2.85. The summed E-state index contributed by atoms with van der Waals surface area (Å²) in [5, 5.41) is 14.9. The molecule has 2 N–H and O–H groups in total. The summed E-state index contributed by atoms with van der Waals surface area (Å²) in [6, 6.07) is 10.9. The first-order valence-electron chi connectivity index (χ1n) is 8.40. The van der Waals surface area contributed by atoms with Gasteiger partial charge in [0.2, 0.25) is 0 Å².